The third-order valence-electron chi connectivity index (χ3n) is 3.85. The Morgan fingerprint density at radius 2 is 1.88 bits per heavy atom. The molecule has 0 atom stereocenters. The third-order valence-corrected chi connectivity index (χ3v) is 4.79. The van der Waals surface area contributed by atoms with Gasteiger partial charge in [-0.25, -0.2) is 9.78 Å². The normalized spacial score (nSPS) is 10.8. The van der Waals surface area contributed by atoms with Crippen LogP contribution in [0.25, 0.3) is 10.6 Å². The number of carbonyl (C=O) groups excluding carboxylic acids is 1. The van der Waals surface area contributed by atoms with Gasteiger partial charge in [-0.3, -0.25) is 0 Å². The molecule has 0 amide bonds. The molecule has 0 bridgehead atoms. The standard InChI is InChI=1S/C20H19NO3S/c1-13(2)14-7-9-15(10-8-14)19-21-16(12-25-19)11-24-20(23)17-5-3-4-6-18(17)22/h3-10,12-13,22H,11H2,1-2H3. The Hall–Kier alpha value is -2.66. The summed E-state index contributed by atoms with van der Waals surface area (Å²) in [6, 6.07) is 14.7. The van der Waals surface area contributed by atoms with Crippen LogP contribution >= 0.6 is 11.3 Å². The minimum Gasteiger partial charge on any atom is -0.507 e. The fourth-order valence-corrected chi connectivity index (χ4v) is 3.19. The van der Waals surface area contributed by atoms with Crippen LogP contribution in [0, 0.1) is 0 Å². The van der Waals surface area contributed by atoms with E-state index in [-0.39, 0.29) is 17.9 Å². The number of esters is 1. The number of ether oxygens (including phenoxy) is 1. The monoisotopic (exact) mass is 353 g/mol. The molecule has 1 N–H and O–H groups in total. The number of hydrogen-bond donors (Lipinski definition) is 1. The molecule has 0 aliphatic heterocycles. The summed E-state index contributed by atoms with van der Waals surface area (Å²) < 4.78 is 5.24. The fraction of sp³-hybridized carbons (Fsp3) is 0.200. The topological polar surface area (TPSA) is 59.4 Å². The number of nitrogens with zero attached hydrogens (tertiary/aromatic N) is 1. The first kappa shape index (κ1) is 17.2. The molecular weight excluding hydrogens is 334 g/mol. The highest BCUT2D eigenvalue weighted by atomic mass is 32.1. The number of carbonyl (C=O) groups is 1. The average Bonchev–Trinajstić information content (AvgIpc) is 3.09. The number of hydrogen-bond acceptors (Lipinski definition) is 5. The van der Waals surface area contributed by atoms with E-state index in [2.05, 4.69) is 43.1 Å². The van der Waals surface area contributed by atoms with Crippen molar-refractivity contribution in [1.29, 1.82) is 0 Å². The van der Waals surface area contributed by atoms with Gasteiger partial charge in [-0.05, 0) is 23.6 Å². The first-order valence-corrected chi connectivity index (χ1v) is 8.92. The molecule has 1 aromatic heterocycles. The Bertz CT molecular complexity index is 869. The van der Waals surface area contributed by atoms with E-state index in [0.717, 1.165) is 10.6 Å². The second-order valence-corrected chi connectivity index (χ2v) is 6.87. The van der Waals surface area contributed by atoms with Crippen molar-refractivity contribution in [2.75, 3.05) is 0 Å². The van der Waals surface area contributed by atoms with Gasteiger partial charge in [0.15, 0.2) is 0 Å². The Balaban J connectivity index is 1.66. The average molecular weight is 353 g/mol. The van der Waals surface area contributed by atoms with Crippen LogP contribution in [0.5, 0.6) is 5.75 Å². The van der Waals surface area contributed by atoms with Crippen molar-refractivity contribution >= 4 is 17.3 Å². The summed E-state index contributed by atoms with van der Waals surface area (Å²) in [6.45, 7) is 4.40. The zero-order valence-electron chi connectivity index (χ0n) is 14.1. The van der Waals surface area contributed by atoms with Crippen LogP contribution in [0.4, 0.5) is 0 Å². The number of phenolic OH excluding ortho intramolecular Hbond substituents is 1. The minimum absolute atomic E-state index is 0.0771. The van der Waals surface area contributed by atoms with Gasteiger partial charge in [0.05, 0.1) is 5.69 Å². The summed E-state index contributed by atoms with van der Waals surface area (Å²) in [5.41, 5.74) is 3.18. The third kappa shape index (κ3) is 4.06. The number of benzene rings is 2. The molecule has 128 valence electrons. The van der Waals surface area contributed by atoms with E-state index in [4.69, 9.17) is 4.74 Å². The molecule has 0 fully saturated rings. The van der Waals surface area contributed by atoms with Crippen LogP contribution in [-0.2, 0) is 11.3 Å². The van der Waals surface area contributed by atoms with Gasteiger partial charge in [-0.15, -0.1) is 11.3 Å². The molecule has 3 rings (SSSR count). The first-order chi connectivity index (χ1) is 12.0. The Labute approximate surface area is 150 Å². The Morgan fingerprint density at radius 1 is 1.16 bits per heavy atom. The molecule has 2 aromatic carbocycles. The summed E-state index contributed by atoms with van der Waals surface area (Å²) in [7, 11) is 0. The maximum Gasteiger partial charge on any atom is 0.342 e. The number of phenols is 1. The zero-order valence-corrected chi connectivity index (χ0v) is 14.9. The highest BCUT2D eigenvalue weighted by Crippen LogP contribution is 2.26. The lowest BCUT2D eigenvalue weighted by Gasteiger charge is -2.05. The molecule has 0 spiro atoms. The molecule has 0 aliphatic rings. The molecule has 0 saturated carbocycles. The van der Waals surface area contributed by atoms with Crippen LogP contribution in [0.15, 0.2) is 53.9 Å². The van der Waals surface area contributed by atoms with Crippen molar-refractivity contribution in [2.45, 2.75) is 26.4 Å². The summed E-state index contributed by atoms with van der Waals surface area (Å²) in [5.74, 6) is -0.152. The second kappa shape index (κ2) is 7.49. The second-order valence-electron chi connectivity index (χ2n) is 6.01. The Morgan fingerprint density at radius 3 is 2.56 bits per heavy atom. The van der Waals surface area contributed by atoms with E-state index in [0.29, 0.717) is 11.6 Å². The number of thiazole rings is 1. The highest BCUT2D eigenvalue weighted by Gasteiger charge is 2.13. The zero-order chi connectivity index (χ0) is 17.8. The predicted octanol–water partition coefficient (Wildman–Crippen LogP) is 5.00. The van der Waals surface area contributed by atoms with Crippen LogP contribution in [0.1, 0.15) is 41.4 Å². The van der Waals surface area contributed by atoms with Gasteiger partial charge in [0.1, 0.15) is 22.9 Å². The van der Waals surface area contributed by atoms with Crippen LogP contribution in [-0.4, -0.2) is 16.1 Å². The lowest BCUT2D eigenvalue weighted by molar-refractivity contribution is 0.0465. The summed E-state index contributed by atoms with van der Waals surface area (Å²) in [5, 5.41) is 12.4. The number of para-hydroxylation sites is 1. The number of aromatic nitrogens is 1. The maximum absolute atomic E-state index is 12.0. The van der Waals surface area contributed by atoms with Crippen molar-refractivity contribution in [3.05, 3.63) is 70.7 Å². The van der Waals surface area contributed by atoms with Gasteiger partial charge in [-0.2, -0.15) is 0 Å². The molecule has 0 radical (unpaired) electrons. The van der Waals surface area contributed by atoms with Gasteiger partial charge < -0.3 is 9.84 Å². The van der Waals surface area contributed by atoms with Gasteiger partial charge in [0.2, 0.25) is 0 Å². The number of aromatic hydroxyl groups is 1. The predicted molar refractivity (Wildman–Crippen MR) is 98.9 cm³/mol. The van der Waals surface area contributed by atoms with Crippen LogP contribution in [0.3, 0.4) is 0 Å². The van der Waals surface area contributed by atoms with Gasteiger partial charge in [0.25, 0.3) is 0 Å². The van der Waals surface area contributed by atoms with Crippen molar-refractivity contribution in [3.8, 4) is 16.3 Å². The van der Waals surface area contributed by atoms with Gasteiger partial charge in [0, 0.05) is 10.9 Å². The van der Waals surface area contributed by atoms with E-state index < -0.39 is 5.97 Å². The molecule has 1 heterocycles. The summed E-state index contributed by atoms with van der Waals surface area (Å²) >= 11 is 1.52. The Kier molecular flexibility index (Phi) is 5.14. The van der Waals surface area contributed by atoms with Crippen molar-refractivity contribution < 1.29 is 14.6 Å². The molecule has 25 heavy (non-hydrogen) atoms. The largest absolute Gasteiger partial charge is 0.507 e. The van der Waals surface area contributed by atoms with E-state index in [9.17, 15) is 9.90 Å². The maximum atomic E-state index is 12.0. The molecule has 3 aromatic rings. The molecule has 4 nitrogen and oxygen atoms in total. The van der Waals surface area contributed by atoms with Gasteiger partial charge in [-0.1, -0.05) is 50.2 Å². The molecular formula is C20H19NO3S. The van der Waals surface area contributed by atoms with Crippen molar-refractivity contribution in [1.82, 2.24) is 4.98 Å². The van der Waals surface area contributed by atoms with E-state index in [1.165, 1.54) is 29.0 Å². The molecule has 0 saturated heterocycles. The van der Waals surface area contributed by atoms with Gasteiger partial charge >= 0.3 is 5.97 Å². The molecule has 0 unspecified atom stereocenters. The van der Waals surface area contributed by atoms with Crippen molar-refractivity contribution in [3.63, 3.8) is 0 Å². The van der Waals surface area contributed by atoms with Crippen molar-refractivity contribution in [2.24, 2.45) is 0 Å². The quantitative estimate of drug-likeness (QED) is 0.656. The minimum atomic E-state index is -0.561. The SMILES string of the molecule is CC(C)c1ccc(-c2nc(COC(=O)c3ccccc3O)cs2)cc1. The van der Waals surface area contributed by atoms with E-state index >= 15 is 0 Å². The summed E-state index contributed by atoms with van der Waals surface area (Å²) in [6.07, 6.45) is 0. The summed E-state index contributed by atoms with van der Waals surface area (Å²) in [4.78, 5) is 16.5. The molecule has 0 aliphatic carbocycles. The number of rotatable bonds is 5. The van der Waals surface area contributed by atoms with E-state index in [1.54, 1.807) is 12.1 Å². The van der Waals surface area contributed by atoms with Crippen LogP contribution < -0.4 is 0 Å². The lowest BCUT2D eigenvalue weighted by atomic mass is 10.0. The van der Waals surface area contributed by atoms with E-state index in [1.807, 2.05) is 5.38 Å². The smallest absolute Gasteiger partial charge is 0.342 e. The fourth-order valence-electron chi connectivity index (χ4n) is 2.38. The van der Waals surface area contributed by atoms with Crippen LogP contribution in [0.2, 0.25) is 0 Å². The molecule has 5 heteroatoms. The lowest BCUT2D eigenvalue weighted by Crippen LogP contribution is -2.05. The highest BCUT2D eigenvalue weighted by molar-refractivity contribution is 7.13. The first-order valence-electron chi connectivity index (χ1n) is 8.04.